The van der Waals surface area contributed by atoms with Crippen LogP contribution in [0.2, 0.25) is 5.02 Å². The van der Waals surface area contributed by atoms with Gasteiger partial charge in [-0.15, -0.1) is 0 Å². The highest BCUT2D eigenvalue weighted by molar-refractivity contribution is 7.99. The summed E-state index contributed by atoms with van der Waals surface area (Å²) in [6.07, 6.45) is 0.942. The summed E-state index contributed by atoms with van der Waals surface area (Å²) in [6.45, 7) is 0.721. The molecule has 0 atom stereocenters. The van der Waals surface area contributed by atoms with Gasteiger partial charge in [-0.1, -0.05) is 11.6 Å². The number of hydrogen-bond acceptors (Lipinski definition) is 4. The first-order valence-corrected chi connectivity index (χ1v) is 7.08. The Hall–Kier alpha value is -0.910. The molecule has 0 aliphatic carbocycles. The van der Waals surface area contributed by atoms with Crippen molar-refractivity contribution < 1.29 is 9.53 Å². The van der Waals surface area contributed by atoms with Crippen molar-refractivity contribution in [1.82, 2.24) is 0 Å². The molecule has 18 heavy (non-hydrogen) atoms. The SMILES string of the molecule is COCCCSCC(=O)Nc1ccc(N)cc1Cl. The Balaban J connectivity index is 2.31. The minimum Gasteiger partial charge on any atom is -0.399 e. The molecule has 0 fully saturated rings. The molecule has 0 spiro atoms. The number of amides is 1. The smallest absolute Gasteiger partial charge is 0.234 e. The molecule has 0 aliphatic heterocycles. The van der Waals surface area contributed by atoms with E-state index in [9.17, 15) is 4.79 Å². The van der Waals surface area contributed by atoms with E-state index in [2.05, 4.69) is 5.32 Å². The fraction of sp³-hybridized carbons (Fsp3) is 0.417. The average Bonchev–Trinajstić information content (AvgIpc) is 2.32. The number of anilines is 2. The summed E-state index contributed by atoms with van der Waals surface area (Å²) >= 11 is 7.53. The standard InChI is InChI=1S/C12H17ClN2O2S/c1-17-5-2-6-18-8-12(16)15-11-4-3-9(14)7-10(11)13/h3-4,7H,2,5-6,8,14H2,1H3,(H,15,16). The van der Waals surface area contributed by atoms with Crippen LogP contribution in [0, 0.1) is 0 Å². The van der Waals surface area contributed by atoms with Gasteiger partial charge in [-0.3, -0.25) is 4.79 Å². The first-order chi connectivity index (χ1) is 8.63. The number of carbonyl (C=O) groups excluding carboxylic acids is 1. The van der Waals surface area contributed by atoms with E-state index in [1.165, 1.54) is 0 Å². The van der Waals surface area contributed by atoms with Crippen LogP contribution in [0.15, 0.2) is 18.2 Å². The summed E-state index contributed by atoms with van der Waals surface area (Å²) < 4.78 is 4.93. The molecular formula is C12H17ClN2O2S. The summed E-state index contributed by atoms with van der Waals surface area (Å²) in [5.74, 6) is 1.24. The summed E-state index contributed by atoms with van der Waals surface area (Å²) in [5.41, 5.74) is 6.74. The number of benzene rings is 1. The monoisotopic (exact) mass is 288 g/mol. The molecule has 3 N–H and O–H groups in total. The molecule has 6 heteroatoms. The zero-order valence-corrected chi connectivity index (χ0v) is 11.8. The Bertz CT molecular complexity index is 402. The second-order valence-corrected chi connectivity index (χ2v) is 5.20. The topological polar surface area (TPSA) is 64.3 Å². The molecule has 1 rings (SSSR count). The molecule has 1 amide bonds. The van der Waals surface area contributed by atoms with Gasteiger partial charge in [0.1, 0.15) is 0 Å². The summed E-state index contributed by atoms with van der Waals surface area (Å²) in [5, 5.41) is 3.20. The van der Waals surface area contributed by atoms with E-state index in [-0.39, 0.29) is 5.91 Å². The second-order valence-electron chi connectivity index (χ2n) is 3.69. The Morgan fingerprint density at radius 2 is 2.33 bits per heavy atom. The Morgan fingerprint density at radius 1 is 1.56 bits per heavy atom. The minimum atomic E-state index is -0.0657. The number of nitrogens with two attached hydrogens (primary N) is 1. The lowest BCUT2D eigenvalue weighted by atomic mass is 10.3. The van der Waals surface area contributed by atoms with E-state index >= 15 is 0 Å². The van der Waals surface area contributed by atoms with E-state index in [4.69, 9.17) is 22.1 Å². The highest BCUT2D eigenvalue weighted by Crippen LogP contribution is 2.24. The summed E-state index contributed by atoms with van der Waals surface area (Å²) in [6, 6.07) is 5.02. The van der Waals surface area contributed by atoms with E-state index in [0.29, 0.717) is 22.2 Å². The van der Waals surface area contributed by atoms with Gasteiger partial charge < -0.3 is 15.8 Å². The molecule has 0 radical (unpaired) electrons. The van der Waals surface area contributed by atoms with E-state index in [1.54, 1.807) is 37.1 Å². The highest BCUT2D eigenvalue weighted by atomic mass is 35.5. The maximum absolute atomic E-state index is 11.6. The molecule has 0 saturated carbocycles. The predicted octanol–water partition coefficient (Wildman–Crippen LogP) is 2.63. The van der Waals surface area contributed by atoms with E-state index in [0.717, 1.165) is 18.8 Å². The van der Waals surface area contributed by atoms with E-state index in [1.807, 2.05) is 0 Å². The number of ether oxygens (including phenoxy) is 1. The molecule has 1 aromatic carbocycles. The van der Waals surface area contributed by atoms with Crippen LogP contribution in [-0.2, 0) is 9.53 Å². The van der Waals surface area contributed by atoms with Crippen molar-refractivity contribution in [2.24, 2.45) is 0 Å². The Kier molecular flexibility index (Phi) is 6.93. The quantitative estimate of drug-likeness (QED) is 0.598. The van der Waals surface area contributed by atoms with Gasteiger partial charge in [-0.05, 0) is 30.4 Å². The maximum atomic E-state index is 11.6. The Labute approximate surface area is 116 Å². The van der Waals surface area contributed by atoms with Crippen molar-refractivity contribution in [1.29, 1.82) is 0 Å². The largest absolute Gasteiger partial charge is 0.399 e. The first kappa shape index (κ1) is 15.1. The molecule has 100 valence electrons. The Morgan fingerprint density at radius 3 is 3.00 bits per heavy atom. The highest BCUT2D eigenvalue weighted by Gasteiger charge is 2.06. The fourth-order valence-electron chi connectivity index (χ4n) is 1.29. The third-order valence-corrected chi connectivity index (χ3v) is 3.49. The summed E-state index contributed by atoms with van der Waals surface area (Å²) in [4.78, 5) is 11.6. The van der Waals surface area contributed by atoms with Gasteiger partial charge in [-0.2, -0.15) is 11.8 Å². The third-order valence-electron chi connectivity index (χ3n) is 2.14. The molecule has 4 nitrogen and oxygen atoms in total. The third kappa shape index (κ3) is 5.62. The first-order valence-electron chi connectivity index (χ1n) is 5.55. The van der Waals surface area contributed by atoms with Crippen LogP contribution in [0.1, 0.15) is 6.42 Å². The van der Waals surface area contributed by atoms with Gasteiger partial charge >= 0.3 is 0 Å². The van der Waals surface area contributed by atoms with Crippen molar-refractivity contribution in [3.63, 3.8) is 0 Å². The maximum Gasteiger partial charge on any atom is 0.234 e. The summed E-state index contributed by atoms with van der Waals surface area (Å²) in [7, 11) is 1.67. The fourth-order valence-corrected chi connectivity index (χ4v) is 2.25. The number of hydrogen-bond donors (Lipinski definition) is 2. The lowest BCUT2D eigenvalue weighted by molar-refractivity contribution is -0.113. The van der Waals surface area contributed by atoms with Gasteiger partial charge in [0.25, 0.3) is 0 Å². The van der Waals surface area contributed by atoms with E-state index < -0.39 is 0 Å². The van der Waals surface area contributed by atoms with Crippen LogP contribution >= 0.6 is 23.4 Å². The van der Waals surface area contributed by atoms with Crippen molar-refractivity contribution >= 4 is 40.6 Å². The lowest BCUT2D eigenvalue weighted by Gasteiger charge is -2.07. The molecule has 0 aromatic heterocycles. The van der Waals surface area contributed by atoms with Gasteiger partial charge in [0, 0.05) is 19.4 Å². The lowest BCUT2D eigenvalue weighted by Crippen LogP contribution is -2.14. The van der Waals surface area contributed by atoms with Crippen LogP contribution in [-0.4, -0.2) is 31.1 Å². The molecule has 0 unspecified atom stereocenters. The van der Waals surface area contributed by atoms with Gasteiger partial charge in [0.2, 0.25) is 5.91 Å². The number of nitrogen functional groups attached to an aromatic ring is 1. The second kappa shape index (κ2) is 8.24. The van der Waals surface area contributed by atoms with Crippen LogP contribution in [0.25, 0.3) is 0 Å². The molecular weight excluding hydrogens is 272 g/mol. The number of carbonyl (C=O) groups is 1. The normalized spacial score (nSPS) is 10.3. The van der Waals surface area contributed by atoms with Crippen molar-refractivity contribution in [2.75, 3.05) is 36.3 Å². The number of halogens is 1. The van der Waals surface area contributed by atoms with Crippen LogP contribution < -0.4 is 11.1 Å². The molecule has 1 aromatic rings. The molecule has 0 bridgehead atoms. The predicted molar refractivity (Wildman–Crippen MR) is 78.3 cm³/mol. The van der Waals surface area contributed by atoms with Crippen LogP contribution in [0.3, 0.4) is 0 Å². The van der Waals surface area contributed by atoms with Crippen LogP contribution in [0.4, 0.5) is 11.4 Å². The number of rotatable bonds is 7. The molecule has 0 heterocycles. The minimum absolute atomic E-state index is 0.0657. The van der Waals surface area contributed by atoms with Gasteiger partial charge in [0.15, 0.2) is 0 Å². The van der Waals surface area contributed by atoms with Gasteiger partial charge in [0.05, 0.1) is 16.5 Å². The number of methoxy groups -OCH3 is 1. The number of thioether (sulfide) groups is 1. The number of nitrogens with one attached hydrogen (secondary N) is 1. The molecule has 0 saturated heterocycles. The van der Waals surface area contributed by atoms with Crippen molar-refractivity contribution in [2.45, 2.75) is 6.42 Å². The van der Waals surface area contributed by atoms with Crippen molar-refractivity contribution in [3.05, 3.63) is 23.2 Å². The molecule has 0 aliphatic rings. The zero-order chi connectivity index (χ0) is 13.4. The zero-order valence-electron chi connectivity index (χ0n) is 10.2. The average molecular weight is 289 g/mol. The van der Waals surface area contributed by atoms with Crippen LogP contribution in [0.5, 0.6) is 0 Å². The van der Waals surface area contributed by atoms with Gasteiger partial charge in [-0.25, -0.2) is 0 Å². The van der Waals surface area contributed by atoms with Crippen molar-refractivity contribution in [3.8, 4) is 0 Å².